The highest BCUT2D eigenvalue weighted by Gasteiger charge is 2.06. The molecule has 0 aliphatic heterocycles. The number of furan rings is 1. The van der Waals surface area contributed by atoms with Gasteiger partial charge in [0.25, 0.3) is 0 Å². The van der Waals surface area contributed by atoms with Crippen molar-refractivity contribution in [3.05, 3.63) is 52.9 Å². The van der Waals surface area contributed by atoms with Crippen molar-refractivity contribution in [3.63, 3.8) is 0 Å². The molecule has 90 valence electrons. The zero-order valence-corrected chi connectivity index (χ0v) is 10.4. The van der Waals surface area contributed by atoms with Gasteiger partial charge in [0.15, 0.2) is 0 Å². The highest BCUT2D eigenvalue weighted by atomic mass is 35.5. The van der Waals surface area contributed by atoms with Gasteiger partial charge in [-0.15, -0.1) is 0 Å². The van der Waals surface area contributed by atoms with Crippen molar-refractivity contribution >= 4 is 17.3 Å². The second kappa shape index (κ2) is 5.25. The summed E-state index contributed by atoms with van der Waals surface area (Å²) in [6.07, 6.45) is 1.68. The average Bonchev–Trinajstić information content (AvgIpc) is 2.76. The van der Waals surface area contributed by atoms with E-state index in [4.69, 9.17) is 21.8 Å². The molecule has 3 nitrogen and oxygen atoms in total. The van der Waals surface area contributed by atoms with Crippen LogP contribution in [0.5, 0.6) is 0 Å². The van der Waals surface area contributed by atoms with Gasteiger partial charge >= 0.3 is 0 Å². The second-order valence-corrected chi connectivity index (χ2v) is 4.53. The van der Waals surface area contributed by atoms with Crippen molar-refractivity contribution in [3.8, 4) is 0 Å². The van der Waals surface area contributed by atoms with Crippen LogP contribution in [-0.2, 0) is 13.1 Å². The number of nitrogens with zero attached hydrogens (tertiary/aromatic N) is 1. The normalized spacial score (nSPS) is 11.0. The van der Waals surface area contributed by atoms with Gasteiger partial charge in [0.1, 0.15) is 5.76 Å². The van der Waals surface area contributed by atoms with Crippen molar-refractivity contribution in [2.24, 2.45) is 0 Å². The van der Waals surface area contributed by atoms with Crippen LogP contribution < -0.4 is 5.73 Å². The van der Waals surface area contributed by atoms with E-state index in [1.165, 1.54) is 0 Å². The average molecular weight is 251 g/mol. The van der Waals surface area contributed by atoms with Crippen LogP contribution in [0.4, 0.5) is 5.69 Å². The topological polar surface area (TPSA) is 42.4 Å². The highest BCUT2D eigenvalue weighted by Crippen LogP contribution is 2.19. The van der Waals surface area contributed by atoms with Crippen LogP contribution in [0.1, 0.15) is 11.3 Å². The van der Waals surface area contributed by atoms with Gasteiger partial charge < -0.3 is 10.2 Å². The molecule has 0 spiro atoms. The minimum atomic E-state index is 0.709. The highest BCUT2D eigenvalue weighted by molar-refractivity contribution is 6.30. The van der Waals surface area contributed by atoms with Crippen LogP contribution in [0.15, 0.2) is 41.0 Å². The number of benzene rings is 1. The van der Waals surface area contributed by atoms with E-state index in [1.807, 2.05) is 31.3 Å². The molecule has 0 saturated heterocycles. The minimum absolute atomic E-state index is 0.709. The number of hydrogen-bond donors (Lipinski definition) is 1. The molecule has 2 N–H and O–H groups in total. The fourth-order valence-electron chi connectivity index (χ4n) is 1.73. The van der Waals surface area contributed by atoms with Crippen LogP contribution in [-0.4, -0.2) is 11.9 Å². The molecular weight excluding hydrogens is 236 g/mol. The van der Waals surface area contributed by atoms with Gasteiger partial charge in [-0.2, -0.15) is 0 Å². The molecule has 1 aromatic carbocycles. The summed E-state index contributed by atoms with van der Waals surface area (Å²) in [5, 5.41) is 0.709. The first-order chi connectivity index (χ1) is 8.15. The van der Waals surface area contributed by atoms with Crippen LogP contribution in [0.25, 0.3) is 0 Å². The SMILES string of the molecule is CN(Cc1ccco1)Cc1cc(Cl)ccc1N. The number of hydrogen-bond acceptors (Lipinski definition) is 3. The van der Waals surface area contributed by atoms with E-state index in [2.05, 4.69) is 4.90 Å². The first-order valence-corrected chi connectivity index (χ1v) is 5.78. The molecule has 0 atom stereocenters. The summed E-state index contributed by atoms with van der Waals surface area (Å²) in [5.74, 6) is 0.938. The Bertz CT molecular complexity index is 482. The molecule has 2 rings (SSSR count). The minimum Gasteiger partial charge on any atom is -0.468 e. The Hall–Kier alpha value is -1.45. The molecular formula is C13H15ClN2O. The predicted octanol–water partition coefficient (Wildman–Crippen LogP) is 3.15. The summed E-state index contributed by atoms with van der Waals surface area (Å²) in [6.45, 7) is 1.49. The number of rotatable bonds is 4. The predicted molar refractivity (Wildman–Crippen MR) is 69.7 cm³/mol. The van der Waals surface area contributed by atoms with Gasteiger partial charge in [-0.05, 0) is 42.9 Å². The quantitative estimate of drug-likeness (QED) is 0.848. The summed E-state index contributed by atoms with van der Waals surface area (Å²) >= 11 is 5.95. The Kier molecular flexibility index (Phi) is 3.71. The molecule has 0 aliphatic rings. The van der Waals surface area contributed by atoms with E-state index in [1.54, 1.807) is 12.3 Å². The number of nitrogens with two attached hydrogens (primary N) is 1. The zero-order valence-electron chi connectivity index (χ0n) is 9.69. The van der Waals surface area contributed by atoms with Crippen LogP contribution in [0, 0.1) is 0 Å². The molecule has 0 radical (unpaired) electrons. The number of nitrogen functional groups attached to an aromatic ring is 1. The van der Waals surface area contributed by atoms with Crippen molar-refractivity contribution in [2.75, 3.05) is 12.8 Å². The van der Waals surface area contributed by atoms with Gasteiger partial charge in [0.2, 0.25) is 0 Å². The molecule has 17 heavy (non-hydrogen) atoms. The summed E-state index contributed by atoms with van der Waals surface area (Å²) < 4.78 is 5.30. The lowest BCUT2D eigenvalue weighted by Crippen LogP contribution is -2.17. The fourth-order valence-corrected chi connectivity index (χ4v) is 1.92. The van der Waals surface area contributed by atoms with Crippen molar-refractivity contribution < 1.29 is 4.42 Å². The van der Waals surface area contributed by atoms with Crippen molar-refractivity contribution in [2.45, 2.75) is 13.1 Å². The summed E-state index contributed by atoms with van der Waals surface area (Å²) in [5.41, 5.74) is 7.70. The fraction of sp³-hybridized carbons (Fsp3) is 0.231. The van der Waals surface area contributed by atoms with E-state index in [0.717, 1.165) is 30.1 Å². The first-order valence-electron chi connectivity index (χ1n) is 5.40. The second-order valence-electron chi connectivity index (χ2n) is 4.09. The third-order valence-electron chi connectivity index (χ3n) is 2.55. The molecule has 1 aromatic heterocycles. The third kappa shape index (κ3) is 3.25. The van der Waals surface area contributed by atoms with Crippen LogP contribution >= 0.6 is 11.6 Å². The van der Waals surface area contributed by atoms with E-state index in [-0.39, 0.29) is 0 Å². The molecule has 0 fully saturated rings. The Morgan fingerprint density at radius 3 is 2.82 bits per heavy atom. The molecule has 0 bridgehead atoms. The molecule has 0 unspecified atom stereocenters. The monoisotopic (exact) mass is 250 g/mol. The lowest BCUT2D eigenvalue weighted by molar-refractivity contribution is 0.288. The Morgan fingerprint density at radius 1 is 1.29 bits per heavy atom. The summed E-state index contributed by atoms with van der Waals surface area (Å²) in [6, 6.07) is 9.37. The molecule has 0 saturated carbocycles. The lowest BCUT2D eigenvalue weighted by atomic mass is 10.1. The Balaban J connectivity index is 2.02. The van der Waals surface area contributed by atoms with Crippen LogP contribution in [0.2, 0.25) is 5.02 Å². The van der Waals surface area contributed by atoms with E-state index >= 15 is 0 Å². The van der Waals surface area contributed by atoms with Gasteiger partial charge in [0.05, 0.1) is 12.8 Å². The Morgan fingerprint density at radius 2 is 2.12 bits per heavy atom. The lowest BCUT2D eigenvalue weighted by Gasteiger charge is -2.16. The molecule has 0 aliphatic carbocycles. The molecule has 4 heteroatoms. The maximum atomic E-state index is 5.95. The number of halogens is 1. The maximum absolute atomic E-state index is 5.95. The molecule has 0 amide bonds. The standard InChI is InChI=1S/C13H15ClN2O/c1-16(9-12-3-2-6-17-12)8-10-7-11(14)4-5-13(10)15/h2-7H,8-9,15H2,1H3. The van der Waals surface area contributed by atoms with Gasteiger partial charge in [0, 0.05) is 17.3 Å². The summed E-state index contributed by atoms with van der Waals surface area (Å²) in [7, 11) is 2.02. The molecule has 2 aromatic rings. The van der Waals surface area contributed by atoms with Gasteiger partial charge in [-0.1, -0.05) is 11.6 Å². The number of anilines is 1. The van der Waals surface area contributed by atoms with Crippen molar-refractivity contribution in [1.29, 1.82) is 0 Å². The maximum Gasteiger partial charge on any atom is 0.117 e. The Labute approximate surface area is 106 Å². The van der Waals surface area contributed by atoms with E-state index < -0.39 is 0 Å². The third-order valence-corrected chi connectivity index (χ3v) is 2.79. The zero-order chi connectivity index (χ0) is 12.3. The van der Waals surface area contributed by atoms with Crippen molar-refractivity contribution in [1.82, 2.24) is 4.90 Å². The smallest absolute Gasteiger partial charge is 0.117 e. The molecule has 1 heterocycles. The van der Waals surface area contributed by atoms with Crippen LogP contribution in [0.3, 0.4) is 0 Å². The van der Waals surface area contributed by atoms with E-state index in [0.29, 0.717) is 5.02 Å². The summed E-state index contributed by atoms with van der Waals surface area (Å²) in [4.78, 5) is 2.13. The first kappa shape index (κ1) is 12.0. The largest absolute Gasteiger partial charge is 0.468 e. The van der Waals surface area contributed by atoms with Gasteiger partial charge in [-0.3, -0.25) is 4.90 Å². The van der Waals surface area contributed by atoms with E-state index in [9.17, 15) is 0 Å². The van der Waals surface area contributed by atoms with Gasteiger partial charge in [-0.25, -0.2) is 0 Å².